The number of carbonyl (C=O) groups excluding carboxylic acids is 1. The third-order valence-electron chi connectivity index (χ3n) is 4.77. The van der Waals surface area contributed by atoms with Crippen LogP contribution >= 0.6 is 0 Å². The molecule has 8 heteroatoms. The van der Waals surface area contributed by atoms with Crippen molar-refractivity contribution in [3.8, 4) is 0 Å². The quantitative estimate of drug-likeness (QED) is 0.819. The summed E-state index contributed by atoms with van der Waals surface area (Å²) < 4.78 is 51.4. The minimum absolute atomic E-state index is 0.175. The molecule has 2 amide bonds. The van der Waals surface area contributed by atoms with E-state index >= 15 is 0 Å². The number of nitrogens with zero attached hydrogens (tertiary/aromatic N) is 1. The molecule has 3 atom stereocenters. The van der Waals surface area contributed by atoms with E-state index in [-0.39, 0.29) is 6.42 Å². The fraction of sp³-hybridized carbons (Fsp3) is 0.526. The zero-order valence-corrected chi connectivity index (χ0v) is 16.5. The lowest BCUT2D eigenvalue weighted by atomic mass is 9.83. The molecule has 1 N–H and O–H groups in total. The van der Waals surface area contributed by atoms with Crippen LogP contribution in [-0.2, 0) is 9.84 Å². The number of benzene rings is 1. The molecule has 0 saturated carbocycles. The molecule has 27 heavy (non-hydrogen) atoms. The highest BCUT2D eigenvalue weighted by molar-refractivity contribution is 7.93. The lowest BCUT2D eigenvalue weighted by Crippen LogP contribution is -2.55. The van der Waals surface area contributed by atoms with Crippen molar-refractivity contribution < 1.29 is 22.0 Å². The molecule has 1 saturated heterocycles. The average molecular weight is 400 g/mol. The Morgan fingerprint density at radius 2 is 2.00 bits per heavy atom. The van der Waals surface area contributed by atoms with Gasteiger partial charge in [0.05, 0.1) is 12.6 Å². The number of urea groups is 1. The maximum atomic E-state index is 14.5. The number of likely N-dealkylation sites (tertiary alicyclic amines) is 1. The summed E-state index contributed by atoms with van der Waals surface area (Å²) in [6, 6.07) is 7.42. The van der Waals surface area contributed by atoms with Gasteiger partial charge in [0.1, 0.15) is 0 Å². The fourth-order valence-corrected chi connectivity index (χ4v) is 3.81. The van der Waals surface area contributed by atoms with E-state index in [1.807, 2.05) is 30.3 Å². The Morgan fingerprint density at radius 3 is 2.56 bits per heavy atom. The van der Waals surface area contributed by atoms with Crippen LogP contribution in [0.4, 0.5) is 13.6 Å². The smallest absolute Gasteiger partial charge is 0.318 e. The van der Waals surface area contributed by atoms with E-state index in [2.05, 4.69) is 5.32 Å². The van der Waals surface area contributed by atoms with Crippen LogP contribution in [0.5, 0.6) is 0 Å². The second kappa shape index (κ2) is 8.37. The van der Waals surface area contributed by atoms with Gasteiger partial charge in [-0.2, -0.15) is 0 Å². The molecule has 1 aromatic rings. The molecule has 5 nitrogen and oxygen atoms in total. The van der Waals surface area contributed by atoms with Crippen LogP contribution in [0, 0.1) is 5.92 Å². The maximum Gasteiger partial charge on any atom is 0.318 e. The number of sulfone groups is 1. The molecule has 1 aromatic carbocycles. The second-order valence-electron chi connectivity index (χ2n) is 7.05. The van der Waals surface area contributed by atoms with Gasteiger partial charge in [0.2, 0.25) is 0 Å². The van der Waals surface area contributed by atoms with E-state index in [4.69, 9.17) is 0 Å². The Labute approximate surface area is 159 Å². The SMILES string of the molecule is CC[C@H]1C[C@@H](c2ccccc2)N(C(=O)NC(C)/C=C/S(C)(=O)=O)CC1(F)F. The van der Waals surface area contributed by atoms with Crippen molar-refractivity contribution in [2.45, 2.75) is 44.7 Å². The van der Waals surface area contributed by atoms with Crippen molar-refractivity contribution >= 4 is 15.9 Å². The van der Waals surface area contributed by atoms with Gasteiger partial charge in [0, 0.05) is 23.6 Å². The van der Waals surface area contributed by atoms with Crippen LogP contribution in [0.15, 0.2) is 41.8 Å². The van der Waals surface area contributed by atoms with Gasteiger partial charge >= 0.3 is 6.03 Å². The highest BCUT2D eigenvalue weighted by Crippen LogP contribution is 2.43. The fourth-order valence-electron chi connectivity index (χ4n) is 3.29. The molecule has 0 aromatic heterocycles. The average Bonchev–Trinajstić information content (AvgIpc) is 2.59. The molecule has 0 bridgehead atoms. The minimum atomic E-state index is -3.33. The molecule has 150 valence electrons. The molecular weight excluding hydrogens is 374 g/mol. The van der Waals surface area contributed by atoms with E-state index < -0.39 is 46.3 Å². The number of alkyl halides is 2. The molecule has 1 heterocycles. The third-order valence-corrected chi connectivity index (χ3v) is 5.42. The first-order chi connectivity index (χ1) is 12.5. The molecule has 2 rings (SSSR count). The maximum absolute atomic E-state index is 14.5. The van der Waals surface area contributed by atoms with Crippen LogP contribution in [0.3, 0.4) is 0 Å². The van der Waals surface area contributed by atoms with Crippen molar-refractivity contribution in [1.29, 1.82) is 0 Å². The predicted molar refractivity (Wildman–Crippen MR) is 101 cm³/mol. The number of halogens is 2. The van der Waals surface area contributed by atoms with E-state index in [9.17, 15) is 22.0 Å². The van der Waals surface area contributed by atoms with Crippen LogP contribution in [0.1, 0.15) is 38.3 Å². The Hall–Kier alpha value is -1.96. The lowest BCUT2D eigenvalue weighted by molar-refractivity contribution is -0.117. The molecule has 0 aliphatic carbocycles. The standard InChI is InChI=1S/C19H26F2N2O3S/c1-4-16-12-17(15-8-6-5-7-9-15)23(13-19(16,20)21)18(24)22-14(2)10-11-27(3,25)26/h5-11,14,16-17H,4,12-13H2,1-3H3,(H,22,24)/b11-10+/t14?,16-,17-/m0/s1. The van der Waals surface area contributed by atoms with Gasteiger partial charge in [-0.3, -0.25) is 0 Å². The number of piperidine rings is 1. The van der Waals surface area contributed by atoms with Crippen molar-refractivity contribution in [3.63, 3.8) is 0 Å². The number of hydrogen-bond acceptors (Lipinski definition) is 3. The summed E-state index contributed by atoms with van der Waals surface area (Å²) >= 11 is 0. The Kier molecular flexibility index (Phi) is 6.62. The summed E-state index contributed by atoms with van der Waals surface area (Å²) in [6.45, 7) is 2.65. The monoisotopic (exact) mass is 400 g/mol. The Bertz CT molecular complexity index is 781. The van der Waals surface area contributed by atoms with Crippen molar-refractivity contribution in [1.82, 2.24) is 10.2 Å². The summed E-state index contributed by atoms with van der Waals surface area (Å²) in [4.78, 5) is 13.9. The topological polar surface area (TPSA) is 66.5 Å². The Morgan fingerprint density at radius 1 is 1.37 bits per heavy atom. The summed E-state index contributed by atoms with van der Waals surface area (Å²) in [5.74, 6) is -3.77. The Balaban J connectivity index is 2.24. The van der Waals surface area contributed by atoms with Gasteiger partial charge < -0.3 is 10.2 Å². The number of nitrogens with one attached hydrogen (secondary N) is 1. The van der Waals surface area contributed by atoms with Gasteiger partial charge in [-0.15, -0.1) is 0 Å². The van der Waals surface area contributed by atoms with Crippen LogP contribution in [-0.4, -0.2) is 44.1 Å². The van der Waals surface area contributed by atoms with E-state index in [1.165, 1.54) is 6.08 Å². The number of rotatable bonds is 5. The summed E-state index contributed by atoms with van der Waals surface area (Å²) in [5, 5.41) is 3.59. The normalized spacial score (nSPS) is 24.0. The first-order valence-corrected chi connectivity index (χ1v) is 10.9. The van der Waals surface area contributed by atoms with Crippen LogP contribution in [0.2, 0.25) is 0 Å². The molecule has 1 unspecified atom stereocenters. The second-order valence-corrected chi connectivity index (χ2v) is 8.98. The van der Waals surface area contributed by atoms with Crippen molar-refractivity contribution in [3.05, 3.63) is 47.4 Å². The highest BCUT2D eigenvalue weighted by Gasteiger charge is 2.49. The number of carbonyl (C=O) groups is 1. The van der Waals surface area contributed by atoms with Gasteiger partial charge in [-0.05, 0) is 25.3 Å². The molecular formula is C19H26F2N2O3S. The molecule has 1 aliphatic rings. The first-order valence-electron chi connectivity index (χ1n) is 8.91. The lowest BCUT2D eigenvalue weighted by Gasteiger charge is -2.44. The van der Waals surface area contributed by atoms with Gasteiger partial charge in [0.25, 0.3) is 5.92 Å². The largest absolute Gasteiger partial charge is 0.332 e. The zero-order valence-electron chi connectivity index (χ0n) is 15.7. The van der Waals surface area contributed by atoms with Gasteiger partial charge in [0.15, 0.2) is 9.84 Å². The summed E-state index contributed by atoms with van der Waals surface area (Å²) in [5.41, 5.74) is 0.806. The predicted octanol–water partition coefficient (Wildman–Crippen LogP) is 3.75. The zero-order chi connectivity index (χ0) is 20.2. The van der Waals surface area contributed by atoms with Gasteiger partial charge in [-0.25, -0.2) is 22.0 Å². The number of amides is 2. The van der Waals surface area contributed by atoms with Crippen molar-refractivity contribution in [2.24, 2.45) is 5.92 Å². The molecule has 1 aliphatic heterocycles. The third kappa shape index (κ3) is 5.76. The molecule has 0 spiro atoms. The van der Waals surface area contributed by atoms with Crippen LogP contribution < -0.4 is 5.32 Å². The van der Waals surface area contributed by atoms with Crippen LogP contribution in [0.25, 0.3) is 0 Å². The van der Waals surface area contributed by atoms with E-state index in [0.29, 0.717) is 6.42 Å². The highest BCUT2D eigenvalue weighted by atomic mass is 32.2. The summed E-state index contributed by atoms with van der Waals surface area (Å²) in [7, 11) is -3.33. The van der Waals surface area contributed by atoms with Gasteiger partial charge in [-0.1, -0.05) is 43.3 Å². The van der Waals surface area contributed by atoms with E-state index in [1.54, 1.807) is 13.8 Å². The van der Waals surface area contributed by atoms with Crippen molar-refractivity contribution in [2.75, 3.05) is 12.8 Å². The van der Waals surface area contributed by atoms with E-state index in [0.717, 1.165) is 22.1 Å². The molecule has 1 fully saturated rings. The number of hydrogen-bond donors (Lipinski definition) is 1. The summed E-state index contributed by atoms with van der Waals surface area (Å²) in [6.07, 6.45) is 2.87. The minimum Gasteiger partial charge on any atom is -0.332 e. The molecule has 0 radical (unpaired) electrons. The first kappa shape index (κ1) is 21.3.